The molecule has 3 N–H and O–H groups in total. The van der Waals surface area contributed by atoms with Gasteiger partial charge in [0.1, 0.15) is 12.3 Å². The highest BCUT2D eigenvalue weighted by molar-refractivity contribution is 5.83. The number of aromatic nitrogens is 2. The predicted octanol–water partition coefficient (Wildman–Crippen LogP) is 2.15. The zero-order chi connectivity index (χ0) is 19.2. The Morgan fingerprint density at radius 2 is 1.96 bits per heavy atom. The van der Waals surface area contributed by atoms with Gasteiger partial charge in [0.05, 0.1) is 24.2 Å². The van der Waals surface area contributed by atoms with Gasteiger partial charge in [-0.05, 0) is 25.1 Å². The van der Waals surface area contributed by atoms with Gasteiger partial charge in [0.15, 0.2) is 0 Å². The first-order valence-electron chi connectivity index (χ1n) is 8.84. The maximum Gasteiger partial charge on any atom is 0.240 e. The zero-order valence-corrected chi connectivity index (χ0v) is 15.5. The number of aliphatic hydroxyl groups excluding tert-OH is 1. The number of hydrogen-bond donors (Lipinski definition) is 3. The van der Waals surface area contributed by atoms with E-state index in [1.165, 1.54) is 0 Å². The number of imidazole rings is 1. The highest BCUT2D eigenvalue weighted by Gasteiger charge is 2.14. The van der Waals surface area contributed by atoms with Crippen LogP contribution >= 0.6 is 0 Å². The number of fused-ring (bicyclic) bond motifs is 1. The summed E-state index contributed by atoms with van der Waals surface area (Å²) in [5.74, 6) is 1.17. The first-order chi connectivity index (χ1) is 13.1. The molecule has 27 heavy (non-hydrogen) atoms. The van der Waals surface area contributed by atoms with E-state index in [0.717, 1.165) is 22.3 Å². The van der Waals surface area contributed by atoms with Crippen molar-refractivity contribution in [1.82, 2.24) is 14.9 Å². The van der Waals surface area contributed by atoms with Gasteiger partial charge in [0, 0.05) is 18.7 Å². The molecule has 0 aliphatic heterocycles. The number of ether oxygens (including phenoxy) is 1. The van der Waals surface area contributed by atoms with Crippen LogP contribution in [0.4, 0.5) is 5.95 Å². The van der Waals surface area contributed by atoms with Gasteiger partial charge in [0.25, 0.3) is 0 Å². The van der Waals surface area contributed by atoms with Crippen molar-refractivity contribution in [2.45, 2.75) is 26.1 Å². The molecule has 3 rings (SSSR count). The lowest BCUT2D eigenvalue weighted by Gasteiger charge is -2.13. The number of amides is 1. The van der Waals surface area contributed by atoms with Crippen molar-refractivity contribution in [1.29, 1.82) is 0 Å². The summed E-state index contributed by atoms with van der Waals surface area (Å²) in [4.78, 5) is 17.1. The molecule has 1 heterocycles. The molecular formula is C20H24N4O3. The number of anilines is 1. The molecule has 0 bridgehead atoms. The van der Waals surface area contributed by atoms with E-state index >= 15 is 0 Å². The molecule has 1 aromatic heterocycles. The van der Waals surface area contributed by atoms with Crippen LogP contribution in [0.2, 0.25) is 0 Å². The van der Waals surface area contributed by atoms with Crippen molar-refractivity contribution in [3.8, 4) is 5.75 Å². The first-order valence-corrected chi connectivity index (χ1v) is 8.84. The molecular weight excluding hydrogens is 344 g/mol. The van der Waals surface area contributed by atoms with Crippen molar-refractivity contribution in [3.05, 3.63) is 54.1 Å². The molecule has 0 aliphatic carbocycles. The Labute approximate surface area is 158 Å². The summed E-state index contributed by atoms with van der Waals surface area (Å²) in [5.41, 5.74) is 2.57. The van der Waals surface area contributed by atoms with E-state index in [4.69, 9.17) is 4.74 Å². The number of nitrogens with zero attached hydrogens (tertiary/aromatic N) is 2. The SMILES string of the molecule is COc1ccccc1CNC(=O)Cn1c(NCC(C)O)nc2ccccc21. The average Bonchev–Trinajstić information content (AvgIpc) is 3.02. The van der Waals surface area contributed by atoms with Crippen molar-refractivity contribution < 1.29 is 14.6 Å². The van der Waals surface area contributed by atoms with E-state index in [0.29, 0.717) is 19.0 Å². The fourth-order valence-electron chi connectivity index (χ4n) is 2.85. The Hall–Kier alpha value is -3.06. The van der Waals surface area contributed by atoms with Gasteiger partial charge in [0.2, 0.25) is 11.9 Å². The van der Waals surface area contributed by atoms with E-state index in [-0.39, 0.29) is 12.5 Å². The third kappa shape index (κ3) is 4.57. The fraction of sp³-hybridized carbons (Fsp3) is 0.300. The standard InChI is InChI=1S/C20H24N4O3/c1-14(25)11-22-20-23-16-8-4-5-9-17(16)24(20)13-19(26)21-12-15-7-3-6-10-18(15)27-2/h3-10,14,25H,11-13H2,1-2H3,(H,21,26)(H,22,23). The third-order valence-corrected chi connectivity index (χ3v) is 4.18. The molecule has 0 radical (unpaired) electrons. The van der Waals surface area contributed by atoms with Crippen molar-refractivity contribution in [2.24, 2.45) is 0 Å². The van der Waals surface area contributed by atoms with E-state index < -0.39 is 6.10 Å². The minimum absolute atomic E-state index is 0.123. The molecule has 0 saturated heterocycles. The minimum Gasteiger partial charge on any atom is -0.496 e. The molecule has 3 aromatic rings. The van der Waals surface area contributed by atoms with Crippen LogP contribution in [0.3, 0.4) is 0 Å². The first kappa shape index (κ1) is 18.7. The summed E-state index contributed by atoms with van der Waals surface area (Å²) in [6.45, 7) is 2.55. The number of aliphatic hydroxyl groups is 1. The fourth-order valence-corrected chi connectivity index (χ4v) is 2.85. The van der Waals surface area contributed by atoms with E-state index in [1.54, 1.807) is 14.0 Å². The van der Waals surface area contributed by atoms with Crippen LogP contribution in [-0.2, 0) is 17.9 Å². The highest BCUT2D eigenvalue weighted by Crippen LogP contribution is 2.20. The smallest absolute Gasteiger partial charge is 0.240 e. The monoisotopic (exact) mass is 368 g/mol. The minimum atomic E-state index is -0.516. The summed E-state index contributed by atoms with van der Waals surface area (Å²) in [6, 6.07) is 15.2. The largest absolute Gasteiger partial charge is 0.496 e. The van der Waals surface area contributed by atoms with E-state index in [1.807, 2.05) is 53.1 Å². The quantitative estimate of drug-likeness (QED) is 0.567. The molecule has 7 nitrogen and oxygen atoms in total. The van der Waals surface area contributed by atoms with Crippen LogP contribution in [0, 0.1) is 0 Å². The number of hydrogen-bond acceptors (Lipinski definition) is 5. The number of rotatable bonds is 8. The summed E-state index contributed by atoms with van der Waals surface area (Å²) in [6.07, 6.45) is -0.516. The summed E-state index contributed by atoms with van der Waals surface area (Å²) in [5, 5.41) is 15.6. The Morgan fingerprint density at radius 3 is 2.74 bits per heavy atom. The Kier molecular flexibility index (Phi) is 5.93. The molecule has 2 aromatic carbocycles. The molecule has 142 valence electrons. The number of para-hydroxylation sites is 3. The van der Waals surface area contributed by atoms with Crippen LogP contribution in [-0.4, -0.2) is 40.3 Å². The van der Waals surface area contributed by atoms with Crippen LogP contribution in [0.25, 0.3) is 11.0 Å². The molecule has 1 atom stereocenters. The van der Waals surface area contributed by atoms with Gasteiger partial charge < -0.3 is 25.0 Å². The molecule has 7 heteroatoms. The lowest BCUT2D eigenvalue weighted by Crippen LogP contribution is -2.28. The van der Waals surface area contributed by atoms with E-state index in [9.17, 15) is 9.90 Å². The predicted molar refractivity (Wildman–Crippen MR) is 105 cm³/mol. The van der Waals surface area contributed by atoms with Crippen molar-refractivity contribution >= 4 is 22.9 Å². The second-order valence-electron chi connectivity index (χ2n) is 6.33. The number of carbonyl (C=O) groups excluding carboxylic acids is 1. The summed E-state index contributed by atoms with van der Waals surface area (Å²) < 4.78 is 7.13. The number of methoxy groups -OCH3 is 1. The van der Waals surface area contributed by atoms with Gasteiger partial charge in [-0.15, -0.1) is 0 Å². The van der Waals surface area contributed by atoms with Crippen LogP contribution in [0.5, 0.6) is 5.75 Å². The molecule has 0 aliphatic rings. The Balaban J connectivity index is 1.74. The normalized spacial score (nSPS) is 12.0. The second kappa shape index (κ2) is 8.55. The van der Waals surface area contributed by atoms with Gasteiger partial charge in [-0.2, -0.15) is 0 Å². The molecule has 1 amide bonds. The third-order valence-electron chi connectivity index (χ3n) is 4.18. The van der Waals surface area contributed by atoms with Crippen molar-refractivity contribution in [2.75, 3.05) is 19.0 Å². The summed E-state index contributed by atoms with van der Waals surface area (Å²) >= 11 is 0. The Morgan fingerprint density at radius 1 is 1.22 bits per heavy atom. The second-order valence-corrected chi connectivity index (χ2v) is 6.33. The molecule has 0 saturated carbocycles. The van der Waals surface area contributed by atoms with Gasteiger partial charge >= 0.3 is 0 Å². The van der Waals surface area contributed by atoms with Gasteiger partial charge in [-0.3, -0.25) is 4.79 Å². The topological polar surface area (TPSA) is 88.4 Å². The van der Waals surface area contributed by atoms with Crippen LogP contribution in [0.1, 0.15) is 12.5 Å². The highest BCUT2D eigenvalue weighted by atomic mass is 16.5. The Bertz CT molecular complexity index is 920. The maximum absolute atomic E-state index is 12.5. The van der Waals surface area contributed by atoms with E-state index in [2.05, 4.69) is 15.6 Å². The maximum atomic E-state index is 12.5. The molecule has 1 unspecified atom stereocenters. The molecule has 0 fully saturated rings. The van der Waals surface area contributed by atoms with Gasteiger partial charge in [-0.1, -0.05) is 30.3 Å². The average molecular weight is 368 g/mol. The number of nitrogens with one attached hydrogen (secondary N) is 2. The van der Waals surface area contributed by atoms with Crippen LogP contribution in [0.15, 0.2) is 48.5 Å². The number of benzene rings is 2. The van der Waals surface area contributed by atoms with Gasteiger partial charge in [-0.25, -0.2) is 4.98 Å². The lowest BCUT2D eigenvalue weighted by atomic mass is 10.2. The molecule has 0 spiro atoms. The van der Waals surface area contributed by atoms with Crippen molar-refractivity contribution in [3.63, 3.8) is 0 Å². The zero-order valence-electron chi connectivity index (χ0n) is 15.5. The summed E-state index contributed by atoms with van der Waals surface area (Å²) in [7, 11) is 1.61. The number of carbonyl (C=O) groups is 1. The lowest BCUT2D eigenvalue weighted by molar-refractivity contribution is -0.121. The van der Waals surface area contributed by atoms with Crippen LogP contribution < -0.4 is 15.4 Å².